The number of likely N-dealkylation sites (tertiary alicyclic amines) is 1. The van der Waals surface area contributed by atoms with Crippen LogP contribution in [0.4, 0.5) is 0 Å². The molecule has 1 aliphatic heterocycles. The minimum atomic E-state index is -0.167. The second-order valence-electron chi connectivity index (χ2n) is 7.70. The van der Waals surface area contributed by atoms with Crippen molar-refractivity contribution >= 4 is 6.29 Å². The number of rotatable bonds is 7. The van der Waals surface area contributed by atoms with Gasteiger partial charge in [-0.25, -0.2) is 0 Å². The number of ether oxygens (including phenoxy) is 2. The summed E-state index contributed by atoms with van der Waals surface area (Å²) in [4.78, 5) is 23.0. The molecular formula is C25H27N3O3. The van der Waals surface area contributed by atoms with Crippen molar-refractivity contribution < 1.29 is 14.3 Å². The predicted molar refractivity (Wildman–Crippen MR) is 119 cm³/mol. The fraction of sp³-hybridized carbons (Fsp3) is 0.320. The van der Waals surface area contributed by atoms with Crippen molar-refractivity contribution in [3.8, 4) is 22.8 Å². The molecule has 31 heavy (non-hydrogen) atoms. The van der Waals surface area contributed by atoms with E-state index in [9.17, 15) is 4.79 Å². The molecule has 2 aromatic heterocycles. The van der Waals surface area contributed by atoms with Crippen LogP contribution in [0, 0.1) is 0 Å². The Morgan fingerprint density at radius 3 is 2.55 bits per heavy atom. The van der Waals surface area contributed by atoms with E-state index in [1.165, 1.54) is 0 Å². The van der Waals surface area contributed by atoms with Gasteiger partial charge in [-0.2, -0.15) is 0 Å². The zero-order valence-electron chi connectivity index (χ0n) is 17.9. The third-order valence-electron chi connectivity index (χ3n) is 5.90. The number of carbonyl (C=O) groups is 1. The number of pyridine rings is 2. The largest absolute Gasteiger partial charge is 0.495 e. The summed E-state index contributed by atoms with van der Waals surface area (Å²) in [5.74, 6) is 1.37. The van der Waals surface area contributed by atoms with Gasteiger partial charge < -0.3 is 14.3 Å². The average molecular weight is 418 g/mol. The van der Waals surface area contributed by atoms with Crippen molar-refractivity contribution in [1.29, 1.82) is 0 Å². The molecule has 2 atom stereocenters. The Kier molecular flexibility index (Phi) is 6.57. The minimum absolute atomic E-state index is 0.00430. The Balaban J connectivity index is 1.71. The van der Waals surface area contributed by atoms with Gasteiger partial charge in [0.05, 0.1) is 43.9 Å². The zero-order chi connectivity index (χ0) is 21.6. The van der Waals surface area contributed by atoms with E-state index < -0.39 is 0 Å². The van der Waals surface area contributed by atoms with Gasteiger partial charge in [0.2, 0.25) is 0 Å². The lowest BCUT2D eigenvalue weighted by atomic mass is 9.90. The van der Waals surface area contributed by atoms with E-state index in [1.807, 2.05) is 24.3 Å². The number of carbonyl (C=O) groups excluding carboxylic acids is 1. The van der Waals surface area contributed by atoms with Crippen molar-refractivity contribution in [3.63, 3.8) is 0 Å². The maximum absolute atomic E-state index is 12.0. The topological polar surface area (TPSA) is 64.6 Å². The molecule has 0 amide bonds. The second kappa shape index (κ2) is 9.71. The quantitative estimate of drug-likeness (QED) is 0.529. The lowest BCUT2D eigenvalue weighted by molar-refractivity contribution is -0.115. The van der Waals surface area contributed by atoms with Crippen LogP contribution in [-0.2, 0) is 11.3 Å². The van der Waals surface area contributed by atoms with Crippen molar-refractivity contribution in [2.24, 2.45) is 0 Å². The average Bonchev–Trinajstić information content (AvgIpc) is 2.84. The summed E-state index contributed by atoms with van der Waals surface area (Å²) in [5, 5.41) is 0. The fourth-order valence-electron chi connectivity index (χ4n) is 4.43. The highest BCUT2D eigenvalue weighted by Crippen LogP contribution is 2.43. The number of benzene rings is 1. The van der Waals surface area contributed by atoms with Gasteiger partial charge in [0.1, 0.15) is 17.8 Å². The van der Waals surface area contributed by atoms with Gasteiger partial charge in [0.25, 0.3) is 0 Å². The first-order valence-electron chi connectivity index (χ1n) is 10.5. The molecule has 1 aromatic carbocycles. The maximum atomic E-state index is 12.0. The summed E-state index contributed by atoms with van der Waals surface area (Å²) in [7, 11) is 3.28. The summed E-state index contributed by atoms with van der Waals surface area (Å²) in [6.45, 7) is 0.642. The van der Waals surface area contributed by atoms with Gasteiger partial charge in [-0.1, -0.05) is 24.3 Å². The fourth-order valence-corrected chi connectivity index (χ4v) is 4.43. The van der Waals surface area contributed by atoms with Gasteiger partial charge in [-0.3, -0.25) is 14.9 Å². The molecule has 0 N–H and O–H groups in total. The van der Waals surface area contributed by atoms with E-state index >= 15 is 0 Å². The number of nitrogens with zero attached hydrogens (tertiary/aromatic N) is 3. The normalized spacial score (nSPS) is 19.0. The molecule has 0 aliphatic carbocycles. The van der Waals surface area contributed by atoms with E-state index in [0.717, 1.165) is 47.9 Å². The third-order valence-corrected chi connectivity index (χ3v) is 5.90. The summed E-state index contributed by atoms with van der Waals surface area (Å²) in [5.41, 5.74) is 4.08. The number of methoxy groups -OCH3 is 2. The number of hydrogen-bond acceptors (Lipinski definition) is 6. The molecule has 1 saturated heterocycles. The monoisotopic (exact) mass is 417 g/mol. The van der Waals surface area contributed by atoms with Crippen LogP contribution in [-0.4, -0.2) is 41.4 Å². The Hall–Kier alpha value is -3.25. The van der Waals surface area contributed by atoms with Crippen molar-refractivity contribution in [3.05, 3.63) is 72.2 Å². The smallest absolute Gasteiger partial charge is 0.145 e. The van der Waals surface area contributed by atoms with Crippen molar-refractivity contribution in [1.82, 2.24) is 14.9 Å². The third kappa shape index (κ3) is 4.44. The van der Waals surface area contributed by atoms with E-state index in [4.69, 9.17) is 9.47 Å². The zero-order valence-corrected chi connectivity index (χ0v) is 17.9. The molecule has 0 radical (unpaired) electrons. The summed E-state index contributed by atoms with van der Waals surface area (Å²) in [6.07, 6.45) is 9.01. The molecule has 1 aliphatic rings. The first-order valence-corrected chi connectivity index (χ1v) is 10.5. The van der Waals surface area contributed by atoms with Gasteiger partial charge in [0, 0.05) is 24.3 Å². The van der Waals surface area contributed by atoms with Crippen molar-refractivity contribution in [2.45, 2.75) is 37.9 Å². The Bertz CT molecular complexity index is 1000. The van der Waals surface area contributed by atoms with Crippen LogP contribution < -0.4 is 9.47 Å². The molecule has 2 unspecified atom stereocenters. The lowest BCUT2D eigenvalue weighted by Gasteiger charge is -2.40. The molecule has 0 saturated carbocycles. The molecule has 160 valence electrons. The summed E-state index contributed by atoms with van der Waals surface area (Å²) < 4.78 is 11.2. The van der Waals surface area contributed by atoms with Crippen LogP contribution in [0.15, 0.2) is 61.1 Å². The molecule has 6 nitrogen and oxygen atoms in total. The summed E-state index contributed by atoms with van der Waals surface area (Å²) >= 11 is 0. The van der Waals surface area contributed by atoms with Crippen LogP contribution in [0.5, 0.6) is 11.5 Å². The summed E-state index contributed by atoms with van der Waals surface area (Å²) in [6, 6.07) is 14.1. The van der Waals surface area contributed by atoms with Gasteiger partial charge in [0.15, 0.2) is 0 Å². The molecule has 0 bridgehead atoms. The van der Waals surface area contributed by atoms with Gasteiger partial charge in [-0.15, -0.1) is 0 Å². The second-order valence-corrected chi connectivity index (χ2v) is 7.70. The molecule has 3 heterocycles. The van der Waals surface area contributed by atoms with E-state index in [0.29, 0.717) is 18.0 Å². The molecule has 0 spiro atoms. The highest BCUT2D eigenvalue weighted by molar-refractivity contribution is 5.60. The first kappa shape index (κ1) is 21.0. The molecule has 4 rings (SSSR count). The van der Waals surface area contributed by atoms with Gasteiger partial charge >= 0.3 is 0 Å². The van der Waals surface area contributed by atoms with Crippen LogP contribution in [0.1, 0.15) is 36.4 Å². The Labute approximate surface area is 182 Å². The number of hydrogen-bond donors (Lipinski definition) is 0. The molecule has 3 aromatic rings. The number of aromatic nitrogens is 2. The molecular weight excluding hydrogens is 390 g/mol. The SMILES string of the molecule is COc1cncc(OC)c1C1CCCC(C=O)N1Cc1cccc(-c2ccccn2)c1. The number of piperidine rings is 1. The predicted octanol–water partition coefficient (Wildman–Crippen LogP) is 4.46. The van der Waals surface area contributed by atoms with Crippen LogP contribution in [0.2, 0.25) is 0 Å². The molecule has 1 fully saturated rings. The van der Waals surface area contributed by atoms with Crippen LogP contribution >= 0.6 is 0 Å². The van der Waals surface area contributed by atoms with Crippen LogP contribution in [0.25, 0.3) is 11.3 Å². The standard InChI is InChI=1S/C25H27N3O3/c1-30-23-14-26-15-24(31-2)25(23)22-11-6-9-20(17-29)28(22)16-18-7-5-8-19(13-18)21-10-3-4-12-27-21/h3-5,7-8,10,12-15,17,20,22H,6,9,11,16H2,1-2H3. The lowest BCUT2D eigenvalue weighted by Crippen LogP contribution is -2.42. The highest BCUT2D eigenvalue weighted by atomic mass is 16.5. The van der Waals surface area contributed by atoms with E-state index in [-0.39, 0.29) is 12.1 Å². The van der Waals surface area contributed by atoms with Gasteiger partial charge in [-0.05, 0) is 43.0 Å². The van der Waals surface area contributed by atoms with E-state index in [1.54, 1.807) is 32.8 Å². The Morgan fingerprint density at radius 2 is 1.87 bits per heavy atom. The minimum Gasteiger partial charge on any atom is -0.495 e. The molecule has 6 heteroatoms. The maximum Gasteiger partial charge on any atom is 0.145 e. The van der Waals surface area contributed by atoms with Crippen molar-refractivity contribution in [2.75, 3.05) is 14.2 Å². The first-order chi connectivity index (χ1) is 15.2. The van der Waals surface area contributed by atoms with E-state index in [2.05, 4.69) is 33.1 Å². The Morgan fingerprint density at radius 1 is 1.06 bits per heavy atom. The highest BCUT2D eigenvalue weighted by Gasteiger charge is 2.35. The number of aldehydes is 1. The van der Waals surface area contributed by atoms with Crippen LogP contribution in [0.3, 0.4) is 0 Å².